The van der Waals surface area contributed by atoms with Gasteiger partial charge in [-0.05, 0) is 19.7 Å². The van der Waals surface area contributed by atoms with Crippen molar-refractivity contribution in [2.75, 3.05) is 20.6 Å². The Kier molecular flexibility index (Phi) is 3.76. The molecule has 0 amide bonds. The number of hydrogen-bond acceptors (Lipinski definition) is 4. The van der Waals surface area contributed by atoms with Gasteiger partial charge in [0.2, 0.25) is 0 Å². The minimum Gasteiger partial charge on any atom is -0.442 e. The van der Waals surface area contributed by atoms with Crippen LogP contribution in [0.1, 0.15) is 23.8 Å². The SMILES string of the molecule is CN(C)CCC(=O)OC1NCc2ccccc21. The Labute approximate surface area is 102 Å². The predicted molar refractivity (Wildman–Crippen MR) is 65.3 cm³/mol. The van der Waals surface area contributed by atoms with Gasteiger partial charge in [-0.1, -0.05) is 24.3 Å². The van der Waals surface area contributed by atoms with Crippen molar-refractivity contribution in [3.63, 3.8) is 0 Å². The first-order chi connectivity index (χ1) is 8.16. The maximum atomic E-state index is 11.6. The third kappa shape index (κ3) is 3.05. The van der Waals surface area contributed by atoms with Crippen LogP contribution >= 0.6 is 0 Å². The number of benzene rings is 1. The Morgan fingerprint density at radius 2 is 2.24 bits per heavy atom. The Morgan fingerprint density at radius 1 is 1.47 bits per heavy atom. The zero-order chi connectivity index (χ0) is 12.3. The number of nitrogens with zero attached hydrogens (tertiary/aromatic N) is 1. The average Bonchev–Trinajstić information content (AvgIpc) is 2.70. The van der Waals surface area contributed by atoms with Crippen molar-refractivity contribution < 1.29 is 9.53 Å². The van der Waals surface area contributed by atoms with Crippen molar-refractivity contribution in [2.24, 2.45) is 0 Å². The highest BCUT2D eigenvalue weighted by molar-refractivity contribution is 5.70. The fourth-order valence-electron chi connectivity index (χ4n) is 1.87. The Hall–Kier alpha value is -1.39. The molecule has 17 heavy (non-hydrogen) atoms. The van der Waals surface area contributed by atoms with Crippen LogP contribution in [0.25, 0.3) is 0 Å². The molecule has 92 valence electrons. The van der Waals surface area contributed by atoms with Gasteiger partial charge >= 0.3 is 5.97 Å². The molecule has 1 atom stereocenters. The van der Waals surface area contributed by atoms with Gasteiger partial charge in [0.1, 0.15) is 0 Å². The molecule has 0 spiro atoms. The van der Waals surface area contributed by atoms with Crippen molar-refractivity contribution in [1.29, 1.82) is 0 Å². The van der Waals surface area contributed by atoms with Crippen molar-refractivity contribution >= 4 is 5.97 Å². The zero-order valence-corrected chi connectivity index (χ0v) is 10.3. The molecule has 4 heteroatoms. The van der Waals surface area contributed by atoms with E-state index in [0.717, 1.165) is 12.1 Å². The quantitative estimate of drug-likeness (QED) is 0.797. The third-order valence-corrected chi connectivity index (χ3v) is 2.83. The van der Waals surface area contributed by atoms with Crippen LogP contribution in [-0.4, -0.2) is 31.5 Å². The summed E-state index contributed by atoms with van der Waals surface area (Å²) >= 11 is 0. The van der Waals surface area contributed by atoms with E-state index in [4.69, 9.17) is 4.74 Å². The highest BCUT2D eigenvalue weighted by Crippen LogP contribution is 2.25. The van der Waals surface area contributed by atoms with Gasteiger partial charge in [0.25, 0.3) is 0 Å². The zero-order valence-electron chi connectivity index (χ0n) is 10.3. The highest BCUT2D eigenvalue weighted by Gasteiger charge is 2.24. The van der Waals surface area contributed by atoms with Crippen LogP contribution in [0.2, 0.25) is 0 Å². The first-order valence-electron chi connectivity index (χ1n) is 5.82. The van der Waals surface area contributed by atoms with Gasteiger partial charge < -0.3 is 9.64 Å². The fraction of sp³-hybridized carbons (Fsp3) is 0.462. The summed E-state index contributed by atoms with van der Waals surface area (Å²) in [5.41, 5.74) is 2.28. The van der Waals surface area contributed by atoms with E-state index in [1.165, 1.54) is 5.56 Å². The van der Waals surface area contributed by atoms with Crippen LogP contribution in [0.4, 0.5) is 0 Å². The van der Waals surface area contributed by atoms with Crippen LogP contribution in [0.15, 0.2) is 24.3 Å². The summed E-state index contributed by atoms with van der Waals surface area (Å²) < 4.78 is 5.41. The third-order valence-electron chi connectivity index (χ3n) is 2.83. The smallest absolute Gasteiger partial charge is 0.308 e. The van der Waals surface area contributed by atoms with Crippen molar-refractivity contribution in [3.05, 3.63) is 35.4 Å². The van der Waals surface area contributed by atoms with E-state index in [0.29, 0.717) is 13.0 Å². The summed E-state index contributed by atoms with van der Waals surface area (Å²) in [6.07, 6.45) is 0.147. The average molecular weight is 234 g/mol. The summed E-state index contributed by atoms with van der Waals surface area (Å²) in [7, 11) is 3.88. The second-order valence-corrected chi connectivity index (χ2v) is 4.50. The molecule has 1 aliphatic rings. The van der Waals surface area contributed by atoms with E-state index in [1.54, 1.807) is 0 Å². The van der Waals surface area contributed by atoms with Crippen molar-refractivity contribution in [2.45, 2.75) is 19.2 Å². The molecule has 0 aliphatic carbocycles. The van der Waals surface area contributed by atoms with Crippen molar-refractivity contribution in [3.8, 4) is 0 Å². The summed E-state index contributed by atoms with van der Waals surface area (Å²) in [6, 6.07) is 8.01. The standard InChI is InChI=1S/C13H18N2O2/c1-15(2)8-7-12(16)17-13-11-6-4-3-5-10(11)9-14-13/h3-6,13-14H,7-9H2,1-2H3. The summed E-state index contributed by atoms with van der Waals surface area (Å²) in [5, 5.41) is 3.18. The van der Waals surface area contributed by atoms with E-state index in [2.05, 4.69) is 11.4 Å². The lowest BCUT2D eigenvalue weighted by Crippen LogP contribution is -2.23. The van der Waals surface area contributed by atoms with E-state index in [1.807, 2.05) is 37.2 Å². The van der Waals surface area contributed by atoms with Crippen LogP contribution in [0.5, 0.6) is 0 Å². The van der Waals surface area contributed by atoms with Gasteiger partial charge in [-0.15, -0.1) is 0 Å². The van der Waals surface area contributed by atoms with E-state index >= 15 is 0 Å². The number of esters is 1. The van der Waals surface area contributed by atoms with Gasteiger partial charge in [0.05, 0.1) is 6.42 Å². The van der Waals surface area contributed by atoms with Gasteiger partial charge in [0, 0.05) is 18.7 Å². The molecule has 1 heterocycles. The van der Waals surface area contributed by atoms with Gasteiger partial charge in [-0.2, -0.15) is 0 Å². The number of fused-ring (bicyclic) bond motifs is 1. The maximum Gasteiger partial charge on any atom is 0.308 e. The number of hydrogen-bond donors (Lipinski definition) is 1. The molecule has 1 aromatic carbocycles. The molecule has 0 saturated heterocycles. The summed E-state index contributed by atoms with van der Waals surface area (Å²) in [6.45, 7) is 1.48. The summed E-state index contributed by atoms with van der Waals surface area (Å²) in [4.78, 5) is 13.6. The van der Waals surface area contributed by atoms with Crippen molar-refractivity contribution in [1.82, 2.24) is 10.2 Å². The van der Waals surface area contributed by atoms with Crippen LogP contribution < -0.4 is 5.32 Å². The van der Waals surface area contributed by atoms with Crippen LogP contribution in [0, 0.1) is 0 Å². The van der Waals surface area contributed by atoms with Crippen LogP contribution in [0.3, 0.4) is 0 Å². The van der Waals surface area contributed by atoms with Gasteiger partial charge in [-0.3, -0.25) is 10.1 Å². The first kappa shape index (κ1) is 12.1. The molecule has 1 aromatic rings. The van der Waals surface area contributed by atoms with E-state index in [-0.39, 0.29) is 12.2 Å². The molecule has 1 N–H and O–H groups in total. The predicted octanol–water partition coefficient (Wildman–Crippen LogP) is 1.28. The normalized spacial score (nSPS) is 18.2. The molecule has 1 unspecified atom stereocenters. The van der Waals surface area contributed by atoms with Crippen LogP contribution in [-0.2, 0) is 16.1 Å². The second kappa shape index (κ2) is 5.29. The highest BCUT2D eigenvalue weighted by atomic mass is 16.6. The topological polar surface area (TPSA) is 41.6 Å². The van der Waals surface area contributed by atoms with Gasteiger partial charge in [-0.25, -0.2) is 0 Å². The lowest BCUT2D eigenvalue weighted by atomic mass is 10.1. The second-order valence-electron chi connectivity index (χ2n) is 4.50. The number of carbonyl (C=O) groups excluding carboxylic acids is 1. The molecule has 0 aromatic heterocycles. The lowest BCUT2D eigenvalue weighted by Gasteiger charge is -2.14. The molecular formula is C13H18N2O2. The molecule has 0 saturated carbocycles. The minimum atomic E-state index is -0.277. The molecule has 1 aliphatic heterocycles. The van der Waals surface area contributed by atoms with Gasteiger partial charge in [0.15, 0.2) is 6.23 Å². The van der Waals surface area contributed by atoms with E-state index in [9.17, 15) is 4.79 Å². The number of ether oxygens (including phenoxy) is 1. The molecule has 4 nitrogen and oxygen atoms in total. The number of nitrogens with one attached hydrogen (secondary N) is 1. The molecular weight excluding hydrogens is 216 g/mol. The summed E-state index contributed by atoms with van der Waals surface area (Å²) in [5.74, 6) is -0.159. The Balaban J connectivity index is 1.91. The maximum absolute atomic E-state index is 11.6. The Morgan fingerprint density at radius 3 is 3.00 bits per heavy atom. The molecule has 0 radical (unpaired) electrons. The lowest BCUT2D eigenvalue weighted by molar-refractivity contribution is -0.151. The fourth-order valence-corrected chi connectivity index (χ4v) is 1.87. The largest absolute Gasteiger partial charge is 0.442 e. The molecule has 0 fully saturated rings. The van der Waals surface area contributed by atoms with E-state index < -0.39 is 0 Å². The first-order valence-corrected chi connectivity index (χ1v) is 5.82. The number of rotatable bonds is 4. The monoisotopic (exact) mass is 234 g/mol. The molecule has 2 rings (SSSR count). The number of carbonyl (C=O) groups is 1. The molecule has 0 bridgehead atoms. The minimum absolute atomic E-state index is 0.159. The Bertz CT molecular complexity index is 404.